The van der Waals surface area contributed by atoms with E-state index in [1.165, 1.54) is 0 Å². The quantitative estimate of drug-likeness (QED) is 0.757. The summed E-state index contributed by atoms with van der Waals surface area (Å²) in [5.41, 5.74) is 0. The van der Waals surface area contributed by atoms with Crippen LogP contribution in [-0.4, -0.2) is 30.1 Å². The zero-order valence-electron chi connectivity index (χ0n) is 10.5. The second-order valence-electron chi connectivity index (χ2n) is 5.39. The second kappa shape index (κ2) is 5.39. The van der Waals surface area contributed by atoms with E-state index in [1.807, 2.05) is 4.90 Å². The van der Waals surface area contributed by atoms with E-state index in [-0.39, 0.29) is 18.0 Å². The number of urea groups is 1. The van der Waals surface area contributed by atoms with Gasteiger partial charge in [-0.1, -0.05) is 6.92 Å². The van der Waals surface area contributed by atoms with Crippen molar-refractivity contribution < 1.29 is 4.79 Å². The Morgan fingerprint density at radius 3 is 2.65 bits per heavy atom. The Morgan fingerprint density at radius 2 is 2.00 bits per heavy atom. The fraction of sp³-hybridized carbons (Fsp3) is 0.846. The minimum atomic E-state index is 0.0164. The van der Waals surface area contributed by atoms with Crippen molar-refractivity contribution in [1.82, 2.24) is 10.2 Å². The summed E-state index contributed by atoms with van der Waals surface area (Å²) in [4.78, 5) is 13.9. The maximum absolute atomic E-state index is 12.0. The number of rotatable bonds is 1. The number of nitrogens with one attached hydrogen (secondary N) is 1. The lowest BCUT2D eigenvalue weighted by Gasteiger charge is -2.31. The molecule has 2 aliphatic rings. The molecule has 0 aromatic carbocycles. The van der Waals surface area contributed by atoms with Crippen LogP contribution in [0.3, 0.4) is 0 Å². The van der Waals surface area contributed by atoms with Gasteiger partial charge in [0.05, 0.1) is 12.0 Å². The van der Waals surface area contributed by atoms with Crippen LogP contribution in [0.1, 0.15) is 39.0 Å². The van der Waals surface area contributed by atoms with Gasteiger partial charge < -0.3 is 10.2 Å². The maximum Gasteiger partial charge on any atom is 0.317 e. The molecule has 1 heterocycles. The number of carbonyl (C=O) groups excluding carboxylic acids is 1. The summed E-state index contributed by atoms with van der Waals surface area (Å²) in [5, 5.41) is 12.0. The SMILES string of the molecule is CC1CCN(C(=O)NC2CCCC2C#N)CC1. The molecule has 1 aliphatic heterocycles. The molecule has 2 rings (SSSR count). The van der Waals surface area contributed by atoms with Gasteiger partial charge in [-0.05, 0) is 38.0 Å². The number of nitrogens with zero attached hydrogens (tertiary/aromatic N) is 2. The molecular formula is C13H21N3O. The smallest absolute Gasteiger partial charge is 0.317 e. The minimum Gasteiger partial charge on any atom is -0.334 e. The van der Waals surface area contributed by atoms with E-state index in [1.54, 1.807) is 0 Å². The lowest BCUT2D eigenvalue weighted by Crippen LogP contribution is -2.48. The van der Waals surface area contributed by atoms with Crippen LogP contribution in [0, 0.1) is 23.2 Å². The van der Waals surface area contributed by atoms with Crippen molar-refractivity contribution in [2.75, 3.05) is 13.1 Å². The molecule has 1 aliphatic carbocycles. The molecule has 2 unspecified atom stereocenters. The predicted molar refractivity (Wildman–Crippen MR) is 65.2 cm³/mol. The van der Waals surface area contributed by atoms with Crippen molar-refractivity contribution in [3.63, 3.8) is 0 Å². The molecule has 2 amide bonds. The summed E-state index contributed by atoms with van der Waals surface area (Å²) in [7, 11) is 0. The Hall–Kier alpha value is -1.24. The molecule has 4 nitrogen and oxygen atoms in total. The molecule has 17 heavy (non-hydrogen) atoms. The summed E-state index contributed by atoms with van der Waals surface area (Å²) in [6, 6.07) is 2.40. The first kappa shape index (κ1) is 12.2. The third-order valence-electron chi connectivity index (χ3n) is 4.06. The fourth-order valence-corrected chi connectivity index (χ4v) is 2.75. The van der Waals surface area contributed by atoms with Crippen LogP contribution in [0.25, 0.3) is 0 Å². The zero-order chi connectivity index (χ0) is 12.3. The first-order valence-electron chi connectivity index (χ1n) is 6.65. The lowest BCUT2D eigenvalue weighted by atomic mass is 9.99. The Labute approximate surface area is 103 Å². The van der Waals surface area contributed by atoms with Crippen LogP contribution in [0.4, 0.5) is 4.79 Å². The molecule has 94 valence electrons. The topological polar surface area (TPSA) is 56.1 Å². The molecule has 0 aromatic rings. The van der Waals surface area contributed by atoms with E-state index in [0.29, 0.717) is 0 Å². The number of amides is 2. The van der Waals surface area contributed by atoms with Gasteiger partial charge in [-0.15, -0.1) is 0 Å². The van der Waals surface area contributed by atoms with Crippen LogP contribution in [-0.2, 0) is 0 Å². The Balaban J connectivity index is 1.83. The van der Waals surface area contributed by atoms with Gasteiger partial charge in [0.15, 0.2) is 0 Å². The first-order valence-corrected chi connectivity index (χ1v) is 6.65. The fourth-order valence-electron chi connectivity index (χ4n) is 2.75. The highest BCUT2D eigenvalue weighted by Gasteiger charge is 2.30. The molecular weight excluding hydrogens is 214 g/mol. The van der Waals surface area contributed by atoms with Gasteiger partial charge in [-0.3, -0.25) is 0 Å². The highest BCUT2D eigenvalue weighted by Crippen LogP contribution is 2.25. The summed E-state index contributed by atoms with van der Waals surface area (Å²) in [6.45, 7) is 3.95. The molecule has 0 bridgehead atoms. The summed E-state index contributed by atoms with van der Waals surface area (Å²) < 4.78 is 0. The maximum atomic E-state index is 12.0. The number of carbonyl (C=O) groups is 1. The highest BCUT2D eigenvalue weighted by molar-refractivity contribution is 5.74. The van der Waals surface area contributed by atoms with Gasteiger partial charge in [-0.25, -0.2) is 4.79 Å². The van der Waals surface area contributed by atoms with E-state index >= 15 is 0 Å². The van der Waals surface area contributed by atoms with Crippen molar-refractivity contribution >= 4 is 6.03 Å². The van der Waals surface area contributed by atoms with Gasteiger partial charge >= 0.3 is 6.03 Å². The summed E-state index contributed by atoms with van der Waals surface area (Å²) >= 11 is 0. The average Bonchev–Trinajstić information content (AvgIpc) is 2.77. The molecule has 2 fully saturated rings. The van der Waals surface area contributed by atoms with Gasteiger partial charge in [0.2, 0.25) is 0 Å². The normalized spacial score (nSPS) is 30.0. The lowest BCUT2D eigenvalue weighted by molar-refractivity contribution is 0.169. The Bertz CT molecular complexity index is 315. The molecule has 0 aromatic heterocycles. The van der Waals surface area contributed by atoms with Crippen LogP contribution < -0.4 is 5.32 Å². The molecule has 1 saturated carbocycles. The van der Waals surface area contributed by atoms with Gasteiger partial charge in [-0.2, -0.15) is 5.26 Å². The zero-order valence-corrected chi connectivity index (χ0v) is 10.5. The van der Waals surface area contributed by atoms with Crippen molar-refractivity contribution in [2.45, 2.75) is 45.1 Å². The van der Waals surface area contributed by atoms with Crippen LogP contribution in [0.2, 0.25) is 0 Å². The van der Waals surface area contributed by atoms with E-state index in [4.69, 9.17) is 5.26 Å². The van der Waals surface area contributed by atoms with Gasteiger partial charge in [0.1, 0.15) is 0 Å². The summed E-state index contributed by atoms with van der Waals surface area (Å²) in [5.74, 6) is 0.750. The van der Waals surface area contributed by atoms with Gasteiger partial charge in [0, 0.05) is 19.1 Å². The third kappa shape index (κ3) is 2.91. The third-order valence-corrected chi connectivity index (χ3v) is 4.06. The molecule has 1 N–H and O–H groups in total. The van der Waals surface area contributed by atoms with E-state index < -0.39 is 0 Å². The van der Waals surface area contributed by atoms with Gasteiger partial charge in [0.25, 0.3) is 0 Å². The van der Waals surface area contributed by atoms with E-state index in [9.17, 15) is 4.79 Å². The van der Waals surface area contributed by atoms with Crippen LogP contribution >= 0.6 is 0 Å². The minimum absolute atomic E-state index is 0.0164. The van der Waals surface area contributed by atoms with Crippen molar-refractivity contribution in [3.05, 3.63) is 0 Å². The standard InChI is InChI=1S/C13H21N3O/c1-10-5-7-16(8-6-10)13(17)15-12-4-2-3-11(12)9-14/h10-12H,2-8H2,1H3,(H,15,17). The Kier molecular flexibility index (Phi) is 3.88. The van der Waals surface area contributed by atoms with Crippen LogP contribution in [0.5, 0.6) is 0 Å². The Morgan fingerprint density at radius 1 is 1.29 bits per heavy atom. The second-order valence-corrected chi connectivity index (χ2v) is 5.39. The molecule has 1 saturated heterocycles. The van der Waals surface area contributed by atoms with E-state index in [2.05, 4.69) is 18.3 Å². The number of hydrogen-bond acceptors (Lipinski definition) is 2. The first-order chi connectivity index (χ1) is 8.20. The number of nitriles is 1. The molecule has 0 radical (unpaired) electrons. The largest absolute Gasteiger partial charge is 0.334 e. The average molecular weight is 235 g/mol. The van der Waals surface area contributed by atoms with Crippen molar-refractivity contribution in [1.29, 1.82) is 5.26 Å². The molecule has 2 atom stereocenters. The van der Waals surface area contributed by atoms with Crippen molar-refractivity contribution in [2.24, 2.45) is 11.8 Å². The molecule has 4 heteroatoms. The van der Waals surface area contributed by atoms with E-state index in [0.717, 1.165) is 51.1 Å². The van der Waals surface area contributed by atoms with Crippen molar-refractivity contribution in [3.8, 4) is 6.07 Å². The number of likely N-dealkylation sites (tertiary alicyclic amines) is 1. The highest BCUT2D eigenvalue weighted by atomic mass is 16.2. The van der Waals surface area contributed by atoms with Crippen LogP contribution in [0.15, 0.2) is 0 Å². The predicted octanol–water partition coefficient (Wildman–Crippen LogP) is 2.12. The number of piperidine rings is 1. The summed E-state index contributed by atoms with van der Waals surface area (Å²) in [6.07, 6.45) is 5.13. The monoisotopic (exact) mass is 235 g/mol. The molecule has 0 spiro atoms. The number of hydrogen-bond donors (Lipinski definition) is 1.